The first-order valence-corrected chi connectivity index (χ1v) is 8.20. The van der Waals surface area contributed by atoms with Gasteiger partial charge in [0.1, 0.15) is 12.4 Å². The number of halogens is 2. The molecule has 0 saturated carbocycles. The quantitative estimate of drug-likeness (QED) is 0.541. The van der Waals surface area contributed by atoms with E-state index in [9.17, 15) is 0 Å². The maximum Gasteiger partial charge on any atom is 0.124 e. The predicted octanol–water partition coefficient (Wildman–Crippen LogP) is 3.14. The maximum atomic E-state index is 6.07. The smallest absolute Gasteiger partial charge is 0.124 e. The van der Waals surface area contributed by atoms with E-state index in [1.807, 2.05) is 18.2 Å². The molecular weight excluding hydrogens is 335 g/mol. The van der Waals surface area contributed by atoms with Gasteiger partial charge in [-0.05, 0) is 37.7 Å². The summed E-state index contributed by atoms with van der Waals surface area (Å²) in [5.74, 6) is 0.866. The number of benzene rings is 1. The highest BCUT2D eigenvalue weighted by Gasteiger charge is 2.09. The van der Waals surface area contributed by atoms with Gasteiger partial charge in [0.15, 0.2) is 0 Å². The summed E-state index contributed by atoms with van der Waals surface area (Å²) in [6.07, 6.45) is 2.87. The Morgan fingerprint density at radius 3 is 2.87 bits per heavy atom. The molecular formula is C17H26Cl2N2O2. The molecule has 1 aromatic rings. The third-order valence-electron chi connectivity index (χ3n) is 3.63. The Balaban J connectivity index is 0.00000264. The molecule has 1 heterocycles. The fourth-order valence-electron chi connectivity index (χ4n) is 2.45. The fourth-order valence-corrected chi connectivity index (χ4v) is 2.65. The number of nitrogens with zero attached hydrogens (tertiary/aromatic N) is 1. The summed E-state index contributed by atoms with van der Waals surface area (Å²) < 4.78 is 11.0. The first-order valence-electron chi connectivity index (χ1n) is 7.82. The number of morpholine rings is 1. The molecule has 1 aromatic carbocycles. The van der Waals surface area contributed by atoms with Gasteiger partial charge in [0.2, 0.25) is 0 Å². The van der Waals surface area contributed by atoms with Crippen molar-refractivity contribution in [3.8, 4) is 5.75 Å². The molecule has 23 heavy (non-hydrogen) atoms. The molecule has 1 N–H and O–H groups in total. The zero-order valence-corrected chi connectivity index (χ0v) is 15.0. The van der Waals surface area contributed by atoms with Gasteiger partial charge in [0.05, 0.1) is 13.2 Å². The van der Waals surface area contributed by atoms with Crippen LogP contribution in [-0.2, 0) is 11.3 Å². The number of nitrogens with one attached hydrogen (secondary N) is 1. The van der Waals surface area contributed by atoms with Gasteiger partial charge in [-0.1, -0.05) is 24.3 Å². The largest absolute Gasteiger partial charge is 0.489 e. The minimum Gasteiger partial charge on any atom is -0.489 e. The standard InChI is InChI=1S/C17H25ClN2O2.ClH/c1-2-10-22-17-5-4-16(18)13-15(17)14-19-6-3-7-20-8-11-21-12-9-20;/h2,4-5,13,19H,1,3,6-12,14H2;1H. The van der Waals surface area contributed by atoms with Gasteiger partial charge in [-0.15, -0.1) is 12.4 Å². The van der Waals surface area contributed by atoms with E-state index in [1.54, 1.807) is 6.08 Å². The van der Waals surface area contributed by atoms with Crippen molar-refractivity contribution in [3.05, 3.63) is 41.4 Å². The van der Waals surface area contributed by atoms with Gasteiger partial charge in [-0.3, -0.25) is 4.90 Å². The van der Waals surface area contributed by atoms with Crippen LogP contribution < -0.4 is 10.1 Å². The lowest BCUT2D eigenvalue weighted by molar-refractivity contribution is 0.0374. The Kier molecular flexibility index (Phi) is 10.3. The third kappa shape index (κ3) is 7.55. The summed E-state index contributed by atoms with van der Waals surface area (Å²) in [6, 6.07) is 5.72. The van der Waals surface area contributed by atoms with Gasteiger partial charge in [-0.2, -0.15) is 0 Å². The average molecular weight is 361 g/mol. The van der Waals surface area contributed by atoms with E-state index in [0.717, 1.165) is 68.7 Å². The van der Waals surface area contributed by atoms with Crippen LogP contribution >= 0.6 is 24.0 Å². The zero-order valence-electron chi connectivity index (χ0n) is 13.4. The van der Waals surface area contributed by atoms with Crippen LogP contribution in [0, 0.1) is 0 Å². The van der Waals surface area contributed by atoms with Gasteiger partial charge in [-0.25, -0.2) is 0 Å². The van der Waals surface area contributed by atoms with E-state index in [4.69, 9.17) is 21.1 Å². The van der Waals surface area contributed by atoms with Crippen molar-refractivity contribution in [3.63, 3.8) is 0 Å². The summed E-state index contributed by atoms with van der Waals surface area (Å²) in [5.41, 5.74) is 1.08. The fraction of sp³-hybridized carbons (Fsp3) is 0.529. The molecule has 0 spiro atoms. The minimum absolute atomic E-state index is 0. The lowest BCUT2D eigenvalue weighted by atomic mass is 10.2. The van der Waals surface area contributed by atoms with Crippen LogP contribution in [0.15, 0.2) is 30.9 Å². The molecule has 2 rings (SSSR count). The highest BCUT2D eigenvalue weighted by molar-refractivity contribution is 6.30. The molecule has 0 atom stereocenters. The van der Waals surface area contributed by atoms with Gasteiger partial charge < -0.3 is 14.8 Å². The van der Waals surface area contributed by atoms with Crippen LogP contribution in [0.2, 0.25) is 5.02 Å². The van der Waals surface area contributed by atoms with E-state index < -0.39 is 0 Å². The van der Waals surface area contributed by atoms with Crippen molar-refractivity contribution in [2.24, 2.45) is 0 Å². The van der Waals surface area contributed by atoms with Crippen molar-refractivity contribution in [1.82, 2.24) is 10.2 Å². The summed E-state index contributed by atoms with van der Waals surface area (Å²) in [5, 5.41) is 4.20. The second kappa shape index (κ2) is 11.7. The van der Waals surface area contributed by atoms with Crippen molar-refractivity contribution in [2.75, 3.05) is 46.0 Å². The molecule has 0 amide bonds. The Bertz CT molecular complexity index is 466. The molecule has 130 valence electrons. The zero-order chi connectivity index (χ0) is 15.6. The monoisotopic (exact) mass is 360 g/mol. The van der Waals surface area contributed by atoms with Gasteiger partial charge in [0.25, 0.3) is 0 Å². The van der Waals surface area contributed by atoms with Crippen LogP contribution in [0.4, 0.5) is 0 Å². The second-order valence-corrected chi connectivity index (χ2v) is 5.77. The van der Waals surface area contributed by atoms with Crippen LogP contribution in [0.1, 0.15) is 12.0 Å². The first-order chi connectivity index (χ1) is 10.8. The summed E-state index contributed by atoms with van der Waals surface area (Å²) >= 11 is 6.07. The highest BCUT2D eigenvalue weighted by Crippen LogP contribution is 2.22. The Labute approximate surface area is 150 Å². The number of rotatable bonds is 9. The molecule has 6 heteroatoms. The van der Waals surface area contributed by atoms with Crippen molar-refractivity contribution in [2.45, 2.75) is 13.0 Å². The van der Waals surface area contributed by atoms with E-state index >= 15 is 0 Å². The Hall–Kier alpha value is -0.780. The molecule has 1 aliphatic heterocycles. The molecule has 0 aliphatic carbocycles. The highest BCUT2D eigenvalue weighted by atomic mass is 35.5. The van der Waals surface area contributed by atoms with Crippen LogP contribution in [0.3, 0.4) is 0 Å². The van der Waals surface area contributed by atoms with Crippen molar-refractivity contribution in [1.29, 1.82) is 0 Å². The molecule has 0 bridgehead atoms. The van der Waals surface area contributed by atoms with Gasteiger partial charge >= 0.3 is 0 Å². The molecule has 1 fully saturated rings. The number of hydrogen-bond acceptors (Lipinski definition) is 4. The molecule has 0 aromatic heterocycles. The lowest BCUT2D eigenvalue weighted by Gasteiger charge is -2.26. The second-order valence-electron chi connectivity index (χ2n) is 5.34. The number of hydrogen-bond donors (Lipinski definition) is 1. The molecule has 0 radical (unpaired) electrons. The van der Waals surface area contributed by atoms with E-state index in [2.05, 4.69) is 16.8 Å². The normalized spacial score (nSPS) is 15.0. The Morgan fingerprint density at radius 1 is 1.35 bits per heavy atom. The van der Waals surface area contributed by atoms with E-state index in [-0.39, 0.29) is 12.4 Å². The maximum absolute atomic E-state index is 6.07. The minimum atomic E-state index is 0. The summed E-state index contributed by atoms with van der Waals surface area (Å²) in [4.78, 5) is 2.45. The van der Waals surface area contributed by atoms with Crippen LogP contribution in [0.25, 0.3) is 0 Å². The average Bonchev–Trinajstić information content (AvgIpc) is 2.55. The Morgan fingerprint density at radius 2 is 2.13 bits per heavy atom. The van der Waals surface area contributed by atoms with Gasteiger partial charge in [0, 0.05) is 30.2 Å². The van der Waals surface area contributed by atoms with E-state index in [1.165, 1.54) is 0 Å². The summed E-state index contributed by atoms with van der Waals surface area (Å²) in [7, 11) is 0. The SMILES string of the molecule is C=CCOc1ccc(Cl)cc1CNCCCN1CCOCC1.Cl. The summed E-state index contributed by atoms with van der Waals surface area (Å²) in [6.45, 7) is 10.9. The number of ether oxygens (including phenoxy) is 2. The molecule has 1 aliphatic rings. The third-order valence-corrected chi connectivity index (χ3v) is 3.86. The van der Waals surface area contributed by atoms with Crippen LogP contribution in [-0.4, -0.2) is 50.9 Å². The van der Waals surface area contributed by atoms with E-state index in [0.29, 0.717) is 6.61 Å². The topological polar surface area (TPSA) is 33.7 Å². The predicted molar refractivity (Wildman–Crippen MR) is 98.0 cm³/mol. The molecule has 1 saturated heterocycles. The van der Waals surface area contributed by atoms with Crippen molar-refractivity contribution < 1.29 is 9.47 Å². The lowest BCUT2D eigenvalue weighted by Crippen LogP contribution is -2.37. The molecule has 4 nitrogen and oxygen atoms in total. The first kappa shape index (κ1) is 20.3. The molecule has 0 unspecified atom stereocenters. The van der Waals surface area contributed by atoms with Crippen LogP contribution in [0.5, 0.6) is 5.75 Å². The van der Waals surface area contributed by atoms with Crippen molar-refractivity contribution >= 4 is 24.0 Å².